The molecule has 1 aliphatic heterocycles. The van der Waals surface area contributed by atoms with Crippen molar-refractivity contribution >= 4 is 58.0 Å². The summed E-state index contributed by atoms with van der Waals surface area (Å²) in [4.78, 5) is 24.4. The molecule has 0 aliphatic carbocycles. The topological polar surface area (TPSA) is 67.4 Å². The van der Waals surface area contributed by atoms with Gasteiger partial charge in [0.15, 0.2) is 5.11 Å². The number of nitrogens with one attached hydrogen (secondary N) is 2. The summed E-state index contributed by atoms with van der Waals surface area (Å²) in [5, 5.41) is 6.76. The third-order valence-electron chi connectivity index (χ3n) is 3.30. The highest BCUT2D eigenvalue weighted by atomic mass is 35.5. The lowest BCUT2D eigenvalue weighted by atomic mass is 10.0. The van der Waals surface area contributed by atoms with Crippen molar-refractivity contribution in [2.24, 2.45) is 0 Å². The molecule has 0 aromatic heterocycles. The number of rotatable bonds is 2. The van der Waals surface area contributed by atoms with Gasteiger partial charge in [-0.3, -0.25) is 4.79 Å². The quantitative estimate of drug-likeness (QED) is 0.265. The third kappa shape index (κ3) is 3.99. The number of ether oxygens (including phenoxy) is 1. The average Bonchev–Trinajstić information content (AvgIpc) is 2.57. The molecule has 1 heterocycles. The average molecular weight is 393 g/mol. The molecule has 0 amide bonds. The highest BCUT2D eigenvalue weighted by Crippen LogP contribution is 2.30. The van der Waals surface area contributed by atoms with Gasteiger partial charge >= 0.3 is 5.97 Å². The van der Waals surface area contributed by atoms with E-state index in [1.165, 1.54) is 18.3 Å². The van der Waals surface area contributed by atoms with E-state index in [1.54, 1.807) is 30.3 Å². The van der Waals surface area contributed by atoms with E-state index in [4.69, 9.17) is 40.2 Å². The number of hydrogen-bond acceptors (Lipinski definition) is 4. The summed E-state index contributed by atoms with van der Waals surface area (Å²) in [5.41, 5.74) is 0.752. The van der Waals surface area contributed by atoms with Crippen molar-refractivity contribution < 1.29 is 14.3 Å². The van der Waals surface area contributed by atoms with E-state index >= 15 is 0 Å². The fourth-order valence-corrected chi connectivity index (χ4v) is 2.60. The van der Waals surface area contributed by atoms with Crippen LogP contribution in [0.3, 0.4) is 0 Å². The van der Waals surface area contributed by atoms with Crippen molar-refractivity contribution in [3.05, 3.63) is 69.8 Å². The van der Waals surface area contributed by atoms with Gasteiger partial charge in [-0.2, -0.15) is 0 Å². The molecule has 0 unspecified atom stereocenters. The van der Waals surface area contributed by atoms with Crippen molar-refractivity contribution in [3.63, 3.8) is 0 Å². The third-order valence-corrected chi connectivity index (χ3v) is 4.01. The summed E-state index contributed by atoms with van der Waals surface area (Å²) in [5.74, 6) is -1.07. The molecule has 0 bridgehead atoms. The predicted octanol–water partition coefficient (Wildman–Crippen LogP) is 3.97. The Kier molecular flexibility index (Phi) is 5.03. The number of anilines is 1. The molecule has 1 aliphatic rings. The second kappa shape index (κ2) is 7.23. The number of benzene rings is 2. The van der Waals surface area contributed by atoms with E-state index in [0.29, 0.717) is 15.7 Å². The number of Topliss-reactive ketones (excluding diaryl/α,β-unsaturated/α-hetero) is 1. The first kappa shape index (κ1) is 17.4. The maximum Gasteiger partial charge on any atom is 0.349 e. The molecule has 0 spiro atoms. The Labute approximate surface area is 158 Å². The first-order valence-corrected chi connectivity index (χ1v) is 8.20. The van der Waals surface area contributed by atoms with E-state index in [1.807, 2.05) is 0 Å². The Morgan fingerprint density at radius 1 is 1.04 bits per heavy atom. The van der Waals surface area contributed by atoms with Crippen LogP contribution in [0.2, 0.25) is 10.0 Å². The standard InChI is InChI=1S/C17H10Cl2N2O3S/c18-9-1-4-11(5-2-9)21-17(25)20-8-13-15(22)12-7-10(19)3-6-14(12)24-16(13)23/h1-8H,(H2,20,21,25). The van der Waals surface area contributed by atoms with E-state index in [9.17, 15) is 9.59 Å². The van der Waals surface area contributed by atoms with Crippen LogP contribution in [0.25, 0.3) is 0 Å². The molecule has 2 aromatic carbocycles. The highest BCUT2D eigenvalue weighted by Gasteiger charge is 2.31. The molecule has 8 heteroatoms. The van der Waals surface area contributed by atoms with Gasteiger partial charge in [0.1, 0.15) is 11.3 Å². The zero-order chi connectivity index (χ0) is 18.0. The molecule has 0 fully saturated rings. The SMILES string of the molecule is O=C1Oc2ccc(Cl)cc2C(=O)C1=CNC(=S)Nc1ccc(Cl)cc1. The van der Waals surface area contributed by atoms with Crippen molar-refractivity contribution in [2.45, 2.75) is 0 Å². The Bertz CT molecular complexity index is 911. The van der Waals surface area contributed by atoms with Crippen LogP contribution in [0, 0.1) is 0 Å². The molecule has 25 heavy (non-hydrogen) atoms. The zero-order valence-electron chi connectivity index (χ0n) is 12.5. The number of thiocarbonyl (C=S) groups is 1. The number of carbonyl (C=O) groups is 2. The Balaban J connectivity index is 1.74. The summed E-state index contributed by atoms with van der Waals surface area (Å²) in [6, 6.07) is 11.3. The molecular weight excluding hydrogens is 383 g/mol. The summed E-state index contributed by atoms with van der Waals surface area (Å²) in [6.45, 7) is 0. The summed E-state index contributed by atoms with van der Waals surface area (Å²) >= 11 is 16.8. The van der Waals surface area contributed by atoms with Crippen LogP contribution in [-0.4, -0.2) is 16.9 Å². The fraction of sp³-hybridized carbons (Fsp3) is 0. The maximum atomic E-state index is 12.4. The van der Waals surface area contributed by atoms with Gasteiger partial charge in [0, 0.05) is 21.9 Å². The number of ketones is 1. The normalized spacial score (nSPS) is 14.7. The molecule has 0 saturated carbocycles. The van der Waals surface area contributed by atoms with Crippen molar-refractivity contribution in [1.29, 1.82) is 0 Å². The van der Waals surface area contributed by atoms with E-state index in [-0.39, 0.29) is 22.0 Å². The van der Waals surface area contributed by atoms with E-state index in [2.05, 4.69) is 10.6 Å². The number of halogens is 2. The molecule has 2 N–H and O–H groups in total. The Morgan fingerprint density at radius 2 is 1.72 bits per heavy atom. The molecule has 0 atom stereocenters. The maximum absolute atomic E-state index is 12.4. The van der Waals surface area contributed by atoms with Crippen LogP contribution < -0.4 is 15.4 Å². The second-order valence-electron chi connectivity index (χ2n) is 5.02. The monoisotopic (exact) mass is 392 g/mol. The summed E-state index contributed by atoms with van der Waals surface area (Å²) in [7, 11) is 0. The summed E-state index contributed by atoms with van der Waals surface area (Å²) < 4.78 is 5.13. The Hall–Kier alpha value is -2.41. The number of esters is 1. The Morgan fingerprint density at radius 3 is 2.44 bits per heavy atom. The first-order valence-electron chi connectivity index (χ1n) is 7.04. The largest absolute Gasteiger partial charge is 0.422 e. The van der Waals surface area contributed by atoms with Crippen LogP contribution in [-0.2, 0) is 4.79 Å². The lowest BCUT2D eigenvalue weighted by Gasteiger charge is -2.17. The van der Waals surface area contributed by atoms with Gasteiger partial charge in [-0.05, 0) is 54.7 Å². The minimum atomic E-state index is -0.762. The molecule has 3 rings (SSSR count). The van der Waals surface area contributed by atoms with E-state index < -0.39 is 11.8 Å². The fourth-order valence-electron chi connectivity index (χ4n) is 2.12. The summed E-state index contributed by atoms with van der Waals surface area (Å²) in [6.07, 6.45) is 1.21. The smallest absolute Gasteiger partial charge is 0.349 e. The zero-order valence-corrected chi connectivity index (χ0v) is 14.8. The van der Waals surface area contributed by atoms with Gasteiger partial charge in [-0.25, -0.2) is 4.79 Å². The van der Waals surface area contributed by atoms with Crippen molar-refractivity contribution in [2.75, 3.05) is 5.32 Å². The van der Waals surface area contributed by atoms with Crippen molar-refractivity contribution in [3.8, 4) is 5.75 Å². The minimum absolute atomic E-state index is 0.171. The number of hydrogen-bond donors (Lipinski definition) is 2. The molecule has 0 radical (unpaired) electrons. The van der Waals surface area contributed by atoms with Gasteiger partial charge in [0.25, 0.3) is 0 Å². The van der Waals surface area contributed by atoms with Crippen molar-refractivity contribution in [1.82, 2.24) is 5.32 Å². The van der Waals surface area contributed by atoms with Crippen LogP contribution in [0.5, 0.6) is 5.75 Å². The highest BCUT2D eigenvalue weighted by molar-refractivity contribution is 7.80. The van der Waals surface area contributed by atoms with Gasteiger partial charge < -0.3 is 15.4 Å². The van der Waals surface area contributed by atoms with Gasteiger partial charge in [0.05, 0.1) is 5.56 Å². The number of carbonyl (C=O) groups excluding carboxylic acids is 2. The predicted molar refractivity (Wildman–Crippen MR) is 100 cm³/mol. The second-order valence-corrected chi connectivity index (χ2v) is 6.30. The molecular formula is C17H10Cl2N2O3S. The first-order chi connectivity index (χ1) is 11.9. The van der Waals surface area contributed by atoms with Gasteiger partial charge in [-0.15, -0.1) is 0 Å². The number of fused-ring (bicyclic) bond motifs is 1. The molecule has 5 nitrogen and oxygen atoms in total. The van der Waals surface area contributed by atoms with Crippen LogP contribution in [0.4, 0.5) is 5.69 Å². The lowest BCUT2D eigenvalue weighted by Crippen LogP contribution is -2.30. The van der Waals surface area contributed by atoms with Crippen LogP contribution in [0.1, 0.15) is 10.4 Å². The van der Waals surface area contributed by atoms with Crippen LogP contribution in [0.15, 0.2) is 54.2 Å². The molecule has 2 aromatic rings. The minimum Gasteiger partial charge on any atom is -0.422 e. The lowest BCUT2D eigenvalue weighted by molar-refractivity contribution is -0.130. The van der Waals surface area contributed by atoms with E-state index in [0.717, 1.165) is 0 Å². The van der Waals surface area contributed by atoms with Gasteiger partial charge in [-0.1, -0.05) is 23.2 Å². The van der Waals surface area contributed by atoms with Crippen LogP contribution >= 0.6 is 35.4 Å². The van der Waals surface area contributed by atoms with Gasteiger partial charge in [0.2, 0.25) is 5.78 Å². The molecule has 126 valence electrons. The molecule has 0 saturated heterocycles.